The van der Waals surface area contributed by atoms with Crippen LogP contribution >= 0.6 is 0 Å². The molecule has 3 rings (SSSR count). The highest BCUT2D eigenvalue weighted by molar-refractivity contribution is 6.46. The Balaban J connectivity index is 2.14. The first kappa shape index (κ1) is 23.3. The monoisotopic (exact) mass is 438 g/mol. The number of benzene rings is 2. The molecule has 1 heterocycles. The summed E-state index contributed by atoms with van der Waals surface area (Å²) in [4.78, 5) is 29.5. The van der Waals surface area contributed by atoms with Crippen LogP contribution in [0.4, 0.5) is 0 Å². The number of aryl methyl sites for hydroxylation is 2. The van der Waals surface area contributed by atoms with Gasteiger partial charge in [-0.2, -0.15) is 0 Å². The molecule has 0 unspecified atom stereocenters. The van der Waals surface area contributed by atoms with Crippen LogP contribution in [0.2, 0.25) is 0 Å². The summed E-state index contributed by atoms with van der Waals surface area (Å²) in [5.74, 6) is -1.29. The number of Topliss-reactive ketones (excluding diaryl/α,β-unsaturated/α-hetero) is 1. The Kier molecular flexibility index (Phi) is 6.89. The van der Waals surface area contributed by atoms with E-state index in [1.54, 1.807) is 43.5 Å². The number of ketones is 1. The molecular weight excluding hydrogens is 408 g/mol. The van der Waals surface area contributed by atoms with E-state index in [0.717, 1.165) is 17.7 Å². The molecule has 0 aromatic heterocycles. The molecule has 0 aliphatic carbocycles. The van der Waals surface area contributed by atoms with Gasteiger partial charge >= 0.3 is 0 Å². The molecule has 0 radical (unpaired) electrons. The first-order valence-electron chi connectivity index (χ1n) is 10.5. The van der Waals surface area contributed by atoms with E-state index in [0.29, 0.717) is 24.3 Å². The minimum absolute atomic E-state index is 0.0245. The van der Waals surface area contributed by atoms with Gasteiger partial charge in [0.05, 0.1) is 24.3 Å². The van der Waals surface area contributed by atoms with Crippen LogP contribution in [0.15, 0.2) is 42.0 Å². The maximum Gasteiger partial charge on any atom is 0.295 e. The molecule has 1 fully saturated rings. The molecule has 32 heavy (non-hydrogen) atoms. The van der Waals surface area contributed by atoms with Crippen molar-refractivity contribution >= 4 is 17.4 Å². The number of methoxy groups -OCH3 is 1. The Labute approximate surface area is 188 Å². The number of rotatable bonds is 7. The second kappa shape index (κ2) is 9.44. The van der Waals surface area contributed by atoms with Gasteiger partial charge in [0.15, 0.2) is 0 Å². The number of phenolic OH excluding ortho intramolecular Hbond substituents is 1. The van der Waals surface area contributed by atoms with Crippen molar-refractivity contribution in [3.63, 3.8) is 0 Å². The maximum absolute atomic E-state index is 13.1. The van der Waals surface area contributed by atoms with Crippen LogP contribution < -0.4 is 4.74 Å². The lowest BCUT2D eigenvalue weighted by atomic mass is 9.93. The predicted molar refractivity (Wildman–Crippen MR) is 123 cm³/mol. The average molecular weight is 439 g/mol. The first-order chi connectivity index (χ1) is 15.1. The average Bonchev–Trinajstić information content (AvgIpc) is 3.00. The van der Waals surface area contributed by atoms with Gasteiger partial charge in [0.25, 0.3) is 11.7 Å². The number of carbonyl (C=O) groups excluding carboxylic acids is 2. The van der Waals surface area contributed by atoms with Crippen molar-refractivity contribution in [3.8, 4) is 11.5 Å². The molecule has 1 aliphatic heterocycles. The Morgan fingerprint density at radius 1 is 1.09 bits per heavy atom. The van der Waals surface area contributed by atoms with Gasteiger partial charge in [-0.3, -0.25) is 9.59 Å². The normalized spacial score (nSPS) is 17.9. The van der Waals surface area contributed by atoms with Gasteiger partial charge in [0.2, 0.25) is 0 Å². The quantitative estimate of drug-likeness (QED) is 0.391. The van der Waals surface area contributed by atoms with Crippen molar-refractivity contribution in [2.45, 2.75) is 26.3 Å². The lowest BCUT2D eigenvalue weighted by molar-refractivity contribution is -0.139. The van der Waals surface area contributed by atoms with Gasteiger partial charge in [-0.05, 0) is 81.9 Å². The molecule has 2 aromatic carbocycles. The Bertz CT molecular complexity index is 1060. The number of phenols is 1. The summed E-state index contributed by atoms with van der Waals surface area (Å²) >= 11 is 0. The molecule has 0 bridgehead atoms. The number of ether oxygens (including phenoxy) is 1. The molecule has 7 nitrogen and oxygen atoms in total. The Morgan fingerprint density at radius 2 is 1.72 bits per heavy atom. The summed E-state index contributed by atoms with van der Waals surface area (Å²) in [6, 6.07) is 9.48. The van der Waals surface area contributed by atoms with E-state index < -0.39 is 17.7 Å². The fraction of sp³-hybridized carbons (Fsp3) is 0.360. The highest BCUT2D eigenvalue weighted by Crippen LogP contribution is 2.41. The van der Waals surface area contributed by atoms with Gasteiger partial charge in [-0.15, -0.1) is 0 Å². The number of aromatic hydroxyl groups is 1. The number of aliphatic hydroxyl groups excluding tert-OH is 1. The van der Waals surface area contributed by atoms with E-state index in [1.165, 1.54) is 4.90 Å². The number of carbonyl (C=O) groups is 2. The van der Waals surface area contributed by atoms with Gasteiger partial charge in [0.1, 0.15) is 17.3 Å². The number of nitrogens with zero attached hydrogens (tertiary/aromatic N) is 2. The van der Waals surface area contributed by atoms with Crippen LogP contribution in [0.3, 0.4) is 0 Å². The topological polar surface area (TPSA) is 90.3 Å². The third-order valence-corrected chi connectivity index (χ3v) is 5.84. The minimum atomic E-state index is -0.760. The van der Waals surface area contributed by atoms with Crippen molar-refractivity contribution in [2.75, 3.05) is 34.3 Å². The van der Waals surface area contributed by atoms with Crippen molar-refractivity contribution in [3.05, 3.63) is 64.2 Å². The summed E-state index contributed by atoms with van der Waals surface area (Å²) in [6.45, 7) is 4.80. The highest BCUT2D eigenvalue weighted by Gasteiger charge is 2.46. The largest absolute Gasteiger partial charge is 0.507 e. The van der Waals surface area contributed by atoms with Crippen LogP contribution in [-0.4, -0.2) is 66.0 Å². The molecule has 170 valence electrons. The standard InChI is InChI=1S/C25H30N2O5/c1-15-13-19(20(28)14-16(15)2)23(29)21-22(17-7-9-18(32-5)10-8-17)27(25(31)24(21)30)12-6-11-26(3)4/h7-10,13-14,22,28-29H,6,11-12H2,1-5H3/t22-/m0/s1. The lowest BCUT2D eigenvalue weighted by Gasteiger charge is -2.26. The molecule has 2 N–H and O–H groups in total. The lowest BCUT2D eigenvalue weighted by Crippen LogP contribution is -2.32. The number of hydrogen-bond donors (Lipinski definition) is 2. The number of amides is 1. The summed E-state index contributed by atoms with van der Waals surface area (Å²) in [5, 5.41) is 21.6. The van der Waals surface area contributed by atoms with Crippen LogP contribution in [-0.2, 0) is 9.59 Å². The zero-order valence-electron chi connectivity index (χ0n) is 19.2. The molecule has 0 spiro atoms. The first-order valence-corrected chi connectivity index (χ1v) is 10.5. The van der Waals surface area contributed by atoms with Gasteiger partial charge in [-0.25, -0.2) is 0 Å². The van der Waals surface area contributed by atoms with Crippen LogP contribution in [0.1, 0.15) is 34.7 Å². The van der Waals surface area contributed by atoms with Crippen molar-refractivity contribution < 1.29 is 24.5 Å². The van der Waals surface area contributed by atoms with Gasteiger partial charge in [-0.1, -0.05) is 12.1 Å². The molecular formula is C25H30N2O5. The van der Waals surface area contributed by atoms with E-state index >= 15 is 0 Å². The number of hydrogen-bond acceptors (Lipinski definition) is 6. The van der Waals surface area contributed by atoms with Crippen molar-refractivity contribution in [1.29, 1.82) is 0 Å². The molecule has 1 saturated heterocycles. The third kappa shape index (κ3) is 4.48. The predicted octanol–water partition coefficient (Wildman–Crippen LogP) is 3.39. The van der Waals surface area contributed by atoms with E-state index in [1.807, 2.05) is 32.8 Å². The molecule has 7 heteroatoms. The maximum atomic E-state index is 13.1. The summed E-state index contributed by atoms with van der Waals surface area (Å²) in [6.07, 6.45) is 0.668. The molecule has 1 amide bonds. The van der Waals surface area contributed by atoms with E-state index in [4.69, 9.17) is 4.74 Å². The van der Waals surface area contributed by atoms with Gasteiger partial charge in [0, 0.05) is 6.54 Å². The minimum Gasteiger partial charge on any atom is -0.507 e. The fourth-order valence-corrected chi connectivity index (χ4v) is 3.94. The molecule has 2 aromatic rings. The highest BCUT2D eigenvalue weighted by atomic mass is 16.5. The fourth-order valence-electron chi connectivity index (χ4n) is 3.94. The zero-order valence-corrected chi connectivity index (χ0v) is 19.2. The summed E-state index contributed by atoms with van der Waals surface area (Å²) < 4.78 is 5.23. The second-order valence-corrected chi connectivity index (χ2v) is 8.38. The molecule has 0 saturated carbocycles. The van der Waals surface area contributed by atoms with E-state index in [-0.39, 0.29) is 22.6 Å². The SMILES string of the molecule is COc1ccc([C@H]2C(=C(O)c3cc(C)c(C)cc3O)C(=O)C(=O)N2CCCN(C)C)cc1. The van der Waals surface area contributed by atoms with Crippen LogP contribution in [0, 0.1) is 13.8 Å². The van der Waals surface area contributed by atoms with Crippen molar-refractivity contribution in [2.24, 2.45) is 0 Å². The zero-order chi connectivity index (χ0) is 23.6. The molecule has 1 aliphatic rings. The smallest absolute Gasteiger partial charge is 0.295 e. The van der Waals surface area contributed by atoms with E-state index in [9.17, 15) is 19.8 Å². The summed E-state index contributed by atoms with van der Waals surface area (Å²) in [5.41, 5.74) is 2.50. The summed E-state index contributed by atoms with van der Waals surface area (Å²) in [7, 11) is 5.44. The van der Waals surface area contributed by atoms with E-state index in [2.05, 4.69) is 0 Å². The number of aliphatic hydroxyl groups is 1. The Hall–Kier alpha value is -3.32. The van der Waals surface area contributed by atoms with Crippen LogP contribution in [0.25, 0.3) is 5.76 Å². The number of likely N-dealkylation sites (tertiary alicyclic amines) is 1. The molecule has 1 atom stereocenters. The second-order valence-electron chi connectivity index (χ2n) is 8.38. The van der Waals surface area contributed by atoms with Crippen molar-refractivity contribution in [1.82, 2.24) is 9.80 Å². The van der Waals surface area contributed by atoms with Crippen LogP contribution in [0.5, 0.6) is 11.5 Å². The Morgan fingerprint density at radius 3 is 2.31 bits per heavy atom. The van der Waals surface area contributed by atoms with Gasteiger partial charge < -0.3 is 24.7 Å². The third-order valence-electron chi connectivity index (χ3n) is 5.84.